The van der Waals surface area contributed by atoms with Crippen LogP contribution in [0.15, 0.2) is 0 Å². The van der Waals surface area contributed by atoms with Crippen LogP contribution in [-0.4, -0.2) is 12.3 Å². The number of halogens is 1. The second kappa shape index (κ2) is 4.69. The van der Waals surface area contributed by atoms with Gasteiger partial charge in [0.15, 0.2) is 0 Å². The number of hydrogen-bond donors (Lipinski definition) is 1. The molecule has 0 aliphatic carbocycles. The van der Waals surface area contributed by atoms with E-state index in [9.17, 15) is 4.79 Å². The number of Topliss-reactive ketones (excluding diaryl/α,β-unsaturated/α-hetero) is 1. The van der Waals surface area contributed by atoms with Crippen LogP contribution >= 0.6 is 12.4 Å². The van der Waals surface area contributed by atoms with Crippen LogP contribution < -0.4 is 5.73 Å². The number of nitrogens with two attached hydrogens (primary N) is 1. The van der Waals surface area contributed by atoms with Crippen molar-refractivity contribution in [3.8, 4) is 0 Å². The van der Waals surface area contributed by atoms with Gasteiger partial charge in [0.1, 0.15) is 5.78 Å². The van der Waals surface area contributed by atoms with E-state index in [-0.39, 0.29) is 23.6 Å². The van der Waals surface area contributed by atoms with Gasteiger partial charge in [0.2, 0.25) is 0 Å². The molecule has 62 valence electrons. The van der Waals surface area contributed by atoms with Crippen molar-refractivity contribution < 1.29 is 4.79 Å². The van der Waals surface area contributed by atoms with Gasteiger partial charge in [-0.05, 0) is 6.54 Å². The van der Waals surface area contributed by atoms with Gasteiger partial charge in [-0.1, -0.05) is 20.8 Å². The molecule has 10 heavy (non-hydrogen) atoms. The Morgan fingerprint density at radius 2 is 1.80 bits per heavy atom. The van der Waals surface area contributed by atoms with Crippen LogP contribution in [0.1, 0.15) is 27.2 Å². The van der Waals surface area contributed by atoms with Crippen molar-refractivity contribution in [3.05, 3.63) is 0 Å². The first-order valence-electron chi connectivity index (χ1n) is 3.22. The second-order valence-electron chi connectivity index (χ2n) is 3.21. The first kappa shape index (κ1) is 12.6. The fourth-order valence-electron chi connectivity index (χ4n) is 0.506. The summed E-state index contributed by atoms with van der Waals surface area (Å²) < 4.78 is 0. The third kappa shape index (κ3) is 4.77. The Kier molecular flexibility index (Phi) is 5.90. The van der Waals surface area contributed by atoms with E-state index in [4.69, 9.17) is 5.73 Å². The summed E-state index contributed by atoms with van der Waals surface area (Å²) in [6.07, 6.45) is 0.503. The molecule has 0 radical (unpaired) electrons. The van der Waals surface area contributed by atoms with E-state index in [1.807, 2.05) is 20.8 Å². The van der Waals surface area contributed by atoms with Crippen LogP contribution in [0, 0.1) is 5.41 Å². The normalized spacial score (nSPS) is 10.4. The van der Waals surface area contributed by atoms with Crippen molar-refractivity contribution in [2.24, 2.45) is 11.1 Å². The summed E-state index contributed by atoms with van der Waals surface area (Å²) in [5.74, 6) is 0.241. The number of carbonyl (C=O) groups excluding carboxylic acids is 1. The van der Waals surface area contributed by atoms with E-state index in [1.165, 1.54) is 0 Å². The third-order valence-corrected chi connectivity index (χ3v) is 1.21. The molecule has 0 rings (SSSR count). The van der Waals surface area contributed by atoms with Crippen LogP contribution in [-0.2, 0) is 4.79 Å². The van der Waals surface area contributed by atoms with Crippen molar-refractivity contribution >= 4 is 18.2 Å². The molecule has 0 saturated heterocycles. The molecule has 3 heteroatoms. The SMILES string of the molecule is CC(C)(C)C(=O)CCN.Cl. The van der Waals surface area contributed by atoms with Crippen LogP contribution in [0.5, 0.6) is 0 Å². The van der Waals surface area contributed by atoms with Gasteiger partial charge in [0.05, 0.1) is 0 Å². The molecular weight excluding hydrogens is 150 g/mol. The Hall–Kier alpha value is -0.0800. The quantitative estimate of drug-likeness (QED) is 0.672. The summed E-state index contributed by atoms with van der Waals surface area (Å²) in [5, 5.41) is 0. The molecule has 0 aliphatic heterocycles. The topological polar surface area (TPSA) is 43.1 Å². The van der Waals surface area contributed by atoms with E-state index in [1.54, 1.807) is 0 Å². The molecule has 0 spiro atoms. The number of ketones is 1. The summed E-state index contributed by atoms with van der Waals surface area (Å²) in [4.78, 5) is 11.0. The molecule has 0 atom stereocenters. The smallest absolute Gasteiger partial charge is 0.139 e. The van der Waals surface area contributed by atoms with E-state index in [0.717, 1.165) is 0 Å². The van der Waals surface area contributed by atoms with Crippen molar-refractivity contribution in [1.82, 2.24) is 0 Å². The number of carbonyl (C=O) groups is 1. The van der Waals surface area contributed by atoms with E-state index in [2.05, 4.69) is 0 Å². The van der Waals surface area contributed by atoms with Crippen molar-refractivity contribution in [3.63, 3.8) is 0 Å². The van der Waals surface area contributed by atoms with Gasteiger partial charge in [0, 0.05) is 11.8 Å². The van der Waals surface area contributed by atoms with Gasteiger partial charge in [0.25, 0.3) is 0 Å². The first-order chi connectivity index (χ1) is 3.98. The molecule has 0 unspecified atom stereocenters. The van der Waals surface area contributed by atoms with Crippen LogP contribution in [0.3, 0.4) is 0 Å². The van der Waals surface area contributed by atoms with Crippen LogP contribution in [0.4, 0.5) is 0 Å². The minimum absolute atomic E-state index is 0. The van der Waals surface area contributed by atoms with Crippen molar-refractivity contribution in [2.75, 3.05) is 6.54 Å². The fraction of sp³-hybridized carbons (Fsp3) is 0.857. The lowest BCUT2D eigenvalue weighted by Crippen LogP contribution is -2.22. The lowest BCUT2D eigenvalue weighted by atomic mass is 9.89. The molecule has 0 aromatic heterocycles. The van der Waals surface area contributed by atoms with E-state index >= 15 is 0 Å². The highest BCUT2D eigenvalue weighted by molar-refractivity contribution is 5.85. The molecule has 0 amide bonds. The first-order valence-corrected chi connectivity index (χ1v) is 3.22. The highest BCUT2D eigenvalue weighted by atomic mass is 35.5. The van der Waals surface area contributed by atoms with Gasteiger partial charge in [-0.2, -0.15) is 0 Å². The summed E-state index contributed by atoms with van der Waals surface area (Å²) in [6, 6.07) is 0. The summed E-state index contributed by atoms with van der Waals surface area (Å²) >= 11 is 0. The minimum atomic E-state index is -0.209. The lowest BCUT2D eigenvalue weighted by molar-refractivity contribution is -0.126. The maximum atomic E-state index is 11.0. The molecule has 0 aliphatic rings. The standard InChI is InChI=1S/C7H15NO.ClH/c1-7(2,3)6(9)4-5-8;/h4-5,8H2,1-3H3;1H. The zero-order valence-electron chi connectivity index (χ0n) is 6.81. The van der Waals surface area contributed by atoms with Crippen LogP contribution in [0.2, 0.25) is 0 Å². The average Bonchev–Trinajstić information content (AvgIpc) is 1.64. The highest BCUT2D eigenvalue weighted by Crippen LogP contribution is 2.15. The number of rotatable bonds is 2. The average molecular weight is 166 g/mol. The fourth-order valence-corrected chi connectivity index (χ4v) is 0.506. The Bertz CT molecular complexity index is 107. The zero-order chi connectivity index (χ0) is 7.49. The van der Waals surface area contributed by atoms with Gasteiger partial charge in [-0.25, -0.2) is 0 Å². The lowest BCUT2D eigenvalue weighted by Gasteiger charge is -2.14. The van der Waals surface area contributed by atoms with Gasteiger partial charge in [-0.3, -0.25) is 4.79 Å². The molecule has 2 N–H and O–H groups in total. The van der Waals surface area contributed by atoms with Crippen molar-refractivity contribution in [1.29, 1.82) is 0 Å². The molecule has 0 saturated carbocycles. The Morgan fingerprint density at radius 3 is 1.90 bits per heavy atom. The summed E-state index contributed by atoms with van der Waals surface area (Å²) in [7, 11) is 0. The van der Waals surface area contributed by atoms with Gasteiger partial charge >= 0.3 is 0 Å². The van der Waals surface area contributed by atoms with E-state index < -0.39 is 0 Å². The largest absolute Gasteiger partial charge is 0.330 e. The monoisotopic (exact) mass is 165 g/mol. The Morgan fingerprint density at radius 1 is 1.40 bits per heavy atom. The zero-order valence-corrected chi connectivity index (χ0v) is 7.62. The highest BCUT2D eigenvalue weighted by Gasteiger charge is 2.19. The molecule has 0 fully saturated rings. The molecule has 0 aromatic carbocycles. The predicted octanol–water partition coefficient (Wildman–Crippen LogP) is 1.37. The molecule has 0 aromatic rings. The van der Waals surface area contributed by atoms with Gasteiger partial charge in [-0.15, -0.1) is 12.4 Å². The van der Waals surface area contributed by atoms with E-state index in [0.29, 0.717) is 13.0 Å². The summed E-state index contributed by atoms with van der Waals surface area (Å²) in [5.41, 5.74) is 5.00. The van der Waals surface area contributed by atoms with Gasteiger partial charge < -0.3 is 5.73 Å². The Balaban J connectivity index is 0. The molecule has 2 nitrogen and oxygen atoms in total. The summed E-state index contributed by atoms with van der Waals surface area (Å²) in [6.45, 7) is 6.19. The maximum Gasteiger partial charge on any atom is 0.139 e. The number of hydrogen-bond acceptors (Lipinski definition) is 2. The predicted molar refractivity (Wildman–Crippen MR) is 45.4 cm³/mol. The van der Waals surface area contributed by atoms with Crippen molar-refractivity contribution in [2.45, 2.75) is 27.2 Å². The maximum absolute atomic E-state index is 11.0. The molecule has 0 bridgehead atoms. The molecule has 0 heterocycles. The third-order valence-electron chi connectivity index (χ3n) is 1.21. The molecular formula is C7H16ClNO. The Labute approximate surface area is 68.6 Å². The second-order valence-corrected chi connectivity index (χ2v) is 3.21. The minimum Gasteiger partial charge on any atom is -0.330 e. The van der Waals surface area contributed by atoms with Crippen LogP contribution in [0.25, 0.3) is 0 Å².